The van der Waals surface area contributed by atoms with Crippen molar-refractivity contribution in [2.24, 2.45) is 15.9 Å². The number of isocyanates is 2. The molecular weight excluding hydrogens is 640 g/mol. The van der Waals surface area contributed by atoms with E-state index in [0.29, 0.717) is 90.5 Å². The van der Waals surface area contributed by atoms with Gasteiger partial charge in [-0.2, -0.15) is 10.5 Å². The van der Waals surface area contributed by atoms with Crippen LogP contribution in [0.5, 0.6) is 0 Å². The number of unbranched alkanes of at least 4 members (excludes halogenated alkanes) is 12. The van der Waals surface area contributed by atoms with Crippen LogP contribution in [-0.2, 0) is 38.1 Å². The molecule has 4 amide bonds. The van der Waals surface area contributed by atoms with E-state index in [1.807, 2.05) is 0 Å². The van der Waals surface area contributed by atoms with Gasteiger partial charge < -0.3 is 24.3 Å². The van der Waals surface area contributed by atoms with Crippen molar-refractivity contribution in [1.82, 2.24) is 10.2 Å². The van der Waals surface area contributed by atoms with Crippen LogP contribution in [0.25, 0.3) is 0 Å². The number of imide groups is 1. The van der Waals surface area contributed by atoms with E-state index in [1.54, 1.807) is 12.5 Å². The lowest BCUT2D eigenvalue weighted by atomic mass is 10.00. The summed E-state index contributed by atoms with van der Waals surface area (Å²) in [6.07, 6.45) is 16.2. The third-order valence-corrected chi connectivity index (χ3v) is 7.25. The van der Waals surface area contributed by atoms with Crippen LogP contribution in [0.2, 0.25) is 0 Å². The smallest absolute Gasteiger partial charge is 0.417 e. The standard InChI is InChI=1S/C33H50N6O10/c34-25-46-21-13-5-3-11-19-37-32(44)39(20-12-4-6-14-22-47-26-35)33(45)49-24-16-8-7-15-23-48-31(43)29(30(42)38-28-41)17-9-1-2-10-18-36-27-40/h29H,1-24H2,(H,37,44). The number of hydrogen-bond donors (Lipinski definition) is 1. The van der Waals surface area contributed by atoms with Gasteiger partial charge in [0.2, 0.25) is 12.2 Å². The van der Waals surface area contributed by atoms with Crippen molar-refractivity contribution < 1.29 is 47.7 Å². The first kappa shape index (κ1) is 44.2. The molecule has 0 aromatic heterocycles. The minimum Gasteiger partial charge on any atom is -0.465 e. The highest BCUT2D eigenvalue weighted by Gasteiger charge is 2.27. The highest BCUT2D eigenvalue weighted by atomic mass is 16.6. The molecule has 0 saturated carbocycles. The summed E-state index contributed by atoms with van der Waals surface area (Å²) in [6, 6.07) is -0.535. The number of rotatable bonds is 30. The molecule has 272 valence electrons. The topological polar surface area (TPSA) is 227 Å². The van der Waals surface area contributed by atoms with E-state index >= 15 is 0 Å². The maximum atomic E-state index is 12.8. The van der Waals surface area contributed by atoms with Gasteiger partial charge in [-0.3, -0.25) is 9.59 Å². The minimum absolute atomic E-state index is 0.0706. The van der Waals surface area contributed by atoms with Gasteiger partial charge in [-0.25, -0.2) is 29.1 Å². The largest absolute Gasteiger partial charge is 0.465 e. The summed E-state index contributed by atoms with van der Waals surface area (Å²) in [4.78, 5) is 78.3. The van der Waals surface area contributed by atoms with Gasteiger partial charge >= 0.3 is 18.1 Å². The quantitative estimate of drug-likeness (QED) is 0.0259. The molecule has 0 aromatic carbocycles. The summed E-state index contributed by atoms with van der Waals surface area (Å²) in [7, 11) is 0. The molecule has 0 spiro atoms. The Morgan fingerprint density at radius 2 is 1.20 bits per heavy atom. The summed E-state index contributed by atoms with van der Waals surface area (Å²) >= 11 is 0. The molecule has 0 aliphatic heterocycles. The number of aliphatic imine (C=N–C) groups is 2. The Morgan fingerprint density at radius 1 is 0.653 bits per heavy atom. The molecule has 1 atom stereocenters. The average Bonchev–Trinajstić information content (AvgIpc) is 3.09. The molecule has 1 unspecified atom stereocenters. The Hall–Kier alpha value is -4.78. The zero-order chi connectivity index (χ0) is 36.2. The minimum atomic E-state index is -1.18. The Kier molecular flexibility index (Phi) is 29.9. The van der Waals surface area contributed by atoms with Crippen molar-refractivity contribution in [3.05, 3.63) is 0 Å². The zero-order valence-corrected chi connectivity index (χ0v) is 28.4. The lowest BCUT2D eigenvalue weighted by molar-refractivity contribution is -0.152. The fourth-order valence-electron chi connectivity index (χ4n) is 4.58. The van der Waals surface area contributed by atoms with Crippen LogP contribution in [0, 0.1) is 29.0 Å². The van der Waals surface area contributed by atoms with Crippen LogP contribution in [0.1, 0.15) is 109 Å². The summed E-state index contributed by atoms with van der Waals surface area (Å²) in [6.45, 7) is 1.79. The number of nitrogens with zero attached hydrogens (tertiary/aromatic N) is 5. The van der Waals surface area contributed by atoms with Crippen LogP contribution < -0.4 is 5.32 Å². The number of urea groups is 1. The summed E-state index contributed by atoms with van der Waals surface area (Å²) in [5, 5.41) is 19.6. The fourth-order valence-corrected chi connectivity index (χ4v) is 4.58. The fraction of sp³-hybridized carbons (Fsp3) is 0.758. The second-order valence-corrected chi connectivity index (χ2v) is 11.1. The van der Waals surface area contributed by atoms with Gasteiger partial charge in [0, 0.05) is 13.1 Å². The first-order chi connectivity index (χ1) is 23.9. The van der Waals surface area contributed by atoms with E-state index in [1.165, 1.54) is 12.2 Å². The van der Waals surface area contributed by atoms with Gasteiger partial charge in [0.25, 0.3) is 18.4 Å². The predicted molar refractivity (Wildman–Crippen MR) is 174 cm³/mol. The Labute approximate surface area is 288 Å². The highest BCUT2D eigenvalue weighted by molar-refractivity contribution is 5.99. The third kappa shape index (κ3) is 25.9. The van der Waals surface area contributed by atoms with Crippen molar-refractivity contribution >= 4 is 36.2 Å². The highest BCUT2D eigenvalue weighted by Crippen LogP contribution is 2.15. The number of carbonyl (C=O) groups is 4. The lowest BCUT2D eigenvalue weighted by Crippen LogP contribution is -2.45. The predicted octanol–water partition coefficient (Wildman–Crippen LogP) is 5.12. The third-order valence-electron chi connectivity index (χ3n) is 7.25. The number of carbonyl (C=O) groups excluding carboxylic acids is 6. The number of nitrogens with one attached hydrogen (secondary N) is 1. The van der Waals surface area contributed by atoms with Gasteiger partial charge in [0.05, 0.1) is 19.8 Å². The molecule has 0 saturated heterocycles. The molecule has 0 rings (SSSR count). The van der Waals surface area contributed by atoms with Crippen molar-refractivity contribution in [2.45, 2.75) is 109 Å². The summed E-state index contributed by atoms with van der Waals surface area (Å²) in [5.41, 5.74) is 0. The second kappa shape index (κ2) is 33.1. The van der Waals surface area contributed by atoms with E-state index in [9.17, 15) is 28.8 Å². The van der Waals surface area contributed by atoms with Gasteiger partial charge in [0.1, 0.15) is 19.1 Å². The maximum absolute atomic E-state index is 12.8. The van der Waals surface area contributed by atoms with Gasteiger partial charge in [-0.15, -0.1) is 4.99 Å². The Balaban J connectivity index is 4.51. The monoisotopic (exact) mass is 690 g/mol. The van der Waals surface area contributed by atoms with Crippen molar-refractivity contribution in [2.75, 3.05) is 46.1 Å². The van der Waals surface area contributed by atoms with Crippen molar-refractivity contribution in [1.29, 1.82) is 10.5 Å². The molecule has 16 heteroatoms. The second-order valence-electron chi connectivity index (χ2n) is 11.1. The molecule has 0 fully saturated rings. The van der Waals surface area contributed by atoms with Crippen LogP contribution in [0.3, 0.4) is 0 Å². The van der Waals surface area contributed by atoms with Gasteiger partial charge in [-0.05, 0) is 77.0 Å². The van der Waals surface area contributed by atoms with Crippen LogP contribution in [0.4, 0.5) is 9.59 Å². The van der Waals surface area contributed by atoms with Crippen LogP contribution >= 0.6 is 0 Å². The molecule has 0 aromatic rings. The first-order valence-corrected chi connectivity index (χ1v) is 17.0. The lowest BCUT2D eigenvalue weighted by Gasteiger charge is -2.21. The maximum Gasteiger partial charge on any atom is 0.417 e. The molecule has 16 nitrogen and oxygen atoms in total. The summed E-state index contributed by atoms with van der Waals surface area (Å²) < 4.78 is 19.9. The molecule has 0 aliphatic carbocycles. The number of amides is 4. The first-order valence-electron chi connectivity index (χ1n) is 17.0. The van der Waals surface area contributed by atoms with Crippen LogP contribution in [0.15, 0.2) is 9.98 Å². The molecule has 1 N–H and O–H groups in total. The number of nitriles is 2. The molecule has 0 heterocycles. The van der Waals surface area contributed by atoms with Gasteiger partial charge in [0.15, 0.2) is 0 Å². The normalized spacial score (nSPS) is 10.6. The molecular formula is C33H50N6O10. The molecule has 49 heavy (non-hydrogen) atoms. The SMILES string of the molecule is N#COCCCCCCNC(=O)N(CCCCCCOC#N)C(=O)OCCCCCCOC(=O)C(CCCCCCN=C=O)C(=O)N=C=O. The van der Waals surface area contributed by atoms with E-state index in [-0.39, 0.29) is 26.2 Å². The number of hydrogen-bond acceptors (Lipinski definition) is 13. The van der Waals surface area contributed by atoms with Crippen LogP contribution in [-0.4, -0.2) is 87.1 Å². The van der Waals surface area contributed by atoms with E-state index in [4.69, 9.17) is 20.0 Å². The number of esters is 1. The van der Waals surface area contributed by atoms with Crippen molar-refractivity contribution in [3.8, 4) is 12.5 Å². The average molecular weight is 691 g/mol. The summed E-state index contributed by atoms with van der Waals surface area (Å²) in [5.74, 6) is -2.82. The van der Waals surface area contributed by atoms with Crippen molar-refractivity contribution in [3.63, 3.8) is 0 Å². The number of ether oxygens (including phenoxy) is 4. The Morgan fingerprint density at radius 3 is 1.82 bits per heavy atom. The van der Waals surface area contributed by atoms with Gasteiger partial charge in [-0.1, -0.05) is 32.1 Å². The zero-order valence-electron chi connectivity index (χ0n) is 28.4. The van der Waals surface area contributed by atoms with E-state index < -0.39 is 29.9 Å². The molecule has 0 radical (unpaired) electrons. The molecule has 0 bridgehead atoms. The van der Waals surface area contributed by atoms with E-state index in [2.05, 4.69) is 24.8 Å². The van der Waals surface area contributed by atoms with E-state index in [0.717, 1.165) is 43.4 Å². The Bertz CT molecular complexity index is 1130. The molecule has 0 aliphatic rings.